The fraction of sp³-hybridized carbons (Fsp3) is 1.00. The molecule has 1 heteroatoms. The van der Waals surface area contributed by atoms with Crippen molar-refractivity contribution in [3.8, 4) is 0 Å². The molecule has 0 aromatic carbocycles. The SMILES string of the molecule is C[C@H]1CCC2(O)C(C)(C)C3CC[C@@]2(C)C1C3. The lowest BCUT2D eigenvalue weighted by atomic mass is 9.35. The Hall–Kier alpha value is -0.0400. The summed E-state index contributed by atoms with van der Waals surface area (Å²) in [5.74, 6) is 2.36. The first kappa shape index (κ1) is 11.1. The van der Waals surface area contributed by atoms with Gasteiger partial charge in [0.15, 0.2) is 0 Å². The quantitative estimate of drug-likeness (QED) is 0.664. The van der Waals surface area contributed by atoms with Gasteiger partial charge in [-0.25, -0.2) is 0 Å². The second-order valence-electron chi connectivity index (χ2n) is 7.59. The van der Waals surface area contributed by atoms with Crippen LogP contribution in [0.15, 0.2) is 0 Å². The highest BCUT2D eigenvalue weighted by Gasteiger charge is 2.69. The first-order valence-corrected chi connectivity index (χ1v) is 7.05. The third kappa shape index (κ3) is 0.939. The molecule has 4 rings (SSSR count). The van der Waals surface area contributed by atoms with Crippen LogP contribution in [-0.2, 0) is 0 Å². The van der Waals surface area contributed by atoms with Gasteiger partial charge in [0.2, 0.25) is 0 Å². The van der Waals surface area contributed by atoms with Crippen molar-refractivity contribution in [3.63, 3.8) is 0 Å². The predicted octanol–water partition coefficient (Wildman–Crippen LogP) is 3.61. The lowest BCUT2D eigenvalue weighted by molar-refractivity contribution is -0.291. The van der Waals surface area contributed by atoms with Crippen molar-refractivity contribution in [2.45, 2.75) is 65.4 Å². The maximum absolute atomic E-state index is 11.3. The molecule has 0 saturated heterocycles. The summed E-state index contributed by atoms with van der Waals surface area (Å²) in [6.45, 7) is 9.43. The first-order chi connectivity index (χ1) is 7.33. The maximum Gasteiger partial charge on any atom is 0.0757 e. The Kier molecular flexibility index (Phi) is 1.98. The average molecular weight is 222 g/mol. The zero-order chi connectivity index (χ0) is 11.8. The summed E-state index contributed by atoms with van der Waals surface area (Å²) >= 11 is 0. The van der Waals surface area contributed by atoms with Gasteiger partial charge in [-0.2, -0.15) is 0 Å². The fourth-order valence-corrected chi connectivity index (χ4v) is 5.69. The van der Waals surface area contributed by atoms with Crippen LogP contribution in [0.5, 0.6) is 0 Å². The molecule has 4 bridgehead atoms. The van der Waals surface area contributed by atoms with E-state index in [2.05, 4.69) is 27.7 Å². The standard InChI is InChI=1S/C15H26O/c1-10-5-8-15(16)13(2,3)11-6-7-14(15,4)12(10)9-11/h10-12,16H,5-9H2,1-4H3/t10-,11?,12?,14-,15?/m0/s1. The van der Waals surface area contributed by atoms with E-state index in [0.29, 0.717) is 0 Å². The third-order valence-corrected chi connectivity index (χ3v) is 7.05. The molecule has 0 radical (unpaired) electrons. The zero-order valence-corrected chi connectivity index (χ0v) is 11.2. The van der Waals surface area contributed by atoms with Crippen LogP contribution in [0.2, 0.25) is 0 Å². The molecule has 0 aliphatic heterocycles. The van der Waals surface area contributed by atoms with Crippen molar-refractivity contribution in [1.82, 2.24) is 0 Å². The van der Waals surface area contributed by atoms with Gasteiger partial charge in [0, 0.05) is 0 Å². The van der Waals surface area contributed by atoms with Crippen molar-refractivity contribution in [3.05, 3.63) is 0 Å². The molecule has 1 nitrogen and oxygen atoms in total. The van der Waals surface area contributed by atoms with E-state index in [-0.39, 0.29) is 10.8 Å². The lowest BCUT2D eigenvalue weighted by Gasteiger charge is -2.71. The molecule has 3 unspecified atom stereocenters. The van der Waals surface area contributed by atoms with E-state index in [1.165, 1.54) is 25.7 Å². The maximum atomic E-state index is 11.3. The first-order valence-electron chi connectivity index (χ1n) is 7.05. The molecule has 4 aliphatic carbocycles. The molecule has 16 heavy (non-hydrogen) atoms. The van der Waals surface area contributed by atoms with Gasteiger partial charge in [-0.15, -0.1) is 0 Å². The molecule has 0 amide bonds. The van der Waals surface area contributed by atoms with Crippen molar-refractivity contribution in [1.29, 1.82) is 0 Å². The van der Waals surface area contributed by atoms with Gasteiger partial charge in [-0.3, -0.25) is 0 Å². The molecule has 4 fully saturated rings. The number of hydrogen-bond donors (Lipinski definition) is 1. The van der Waals surface area contributed by atoms with E-state index in [1.54, 1.807) is 0 Å². The van der Waals surface area contributed by atoms with Crippen molar-refractivity contribution >= 4 is 0 Å². The number of rotatable bonds is 0. The molecule has 1 N–H and O–H groups in total. The fourth-order valence-electron chi connectivity index (χ4n) is 5.69. The Morgan fingerprint density at radius 1 is 1.06 bits per heavy atom. The van der Waals surface area contributed by atoms with Crippen LogP contribution in [0.3, 0.4) is 0 Å². The van der Waals surface area contributed by atoms with Crippen LogP contribution < -0.4 is 0 Å². The number of hydrogen-bond acceptors (Lipinski definition) is 1. The molecule has 0 spiro atoms. The third-order valence-electron chi connectivity index (χ3n) is 7.05. The summed E-state index contributed by atoms with van der Waals surface area (Å²) in [7, 11) is 0. The molecule has 0 heterocycles. The minimum Gasteiger partial charge on any atom is -0.389 e. The largest absolute Gasteiger partial charge is 0.389 e. The van der Waals surface area contributed by atoms with Crippen LogP contribution in [-0.4, -0.2) is 10.7 Å². The summed E-state index contributed by atoms with van der Waals surface area (Å²) in [6, 6.07) is 0. The summed E-state index contributed by atoms with van der Waals surface area (Å²) in [5.41, 5.74) is -0.0576. The predicted molar refractivity (Wildman–Crippen MR) is 66.1 cm³/mol. The highest BCUT2D eigenvalue weighted by atomic mass is 16.3. The zero-order valence-electron chi connectivity index (χ0n) is 11.2. The van der Waals surface area contributed by atoms with E-state index >= 15 is 0 Å². The minimum atomic E-state index is -0.391. The average Bonchev–Trinajstić information content (AvgIpc) is 2.22. The van der Waals surface area contributed by atoms with E-state index in [4.69, 9.17) is 0 Å². The van der Waals surface area contributed by atoms with Gasteiger partial charge < -0.3 is 5.11 Å². The molecule has 4 aliphatic rings. The van der Waals surface area contributed by atoms with E-state index in [9.17, 15) is 5.11 Å². The Balaban J connectivity index is 2.13. The summed E-state index contributed by atoms with van der Waals surface area (Å²) in [4.78, 5) is 0. The molecular formula is C15H26O. The number of fused-ring (bicyclic) bond motifs is 1. The molecular weight excluding hydrogens is 196 g/mol. The van der Waals surface area contributed by atoms with Crippen LogP contribution in [0.4, 0.5) is 0 Å². The summed E-state index contributed by atoms with van der Waals surface area (Å²) in [5, 5.41) is 11.3. The Morgan fingerprint density at radius 2 is 1.75 bits per heavy atom. The van der Waals surface area contributed by atoms with Gasteiger partial charge in [0.1, 0.15) is 0 Å². The molecule has 5 atom stereocenters. The molecule has 0 aromatic heterocycles. The molecule has 92 valence electrons. The molecule has 0 aromatic rings. The minimum absolute atomic E-state index is 0.136. The normalized spacial score (nSPS) is 58.7. The second-order valence-corrected chi connectivity index (χ2v) is 7.59. The van der Waals surface area contributed by atoms with E-state index < -0.39 is 5.60 Å². The van der Waals surface area contributed by atoms with Gasteiger partial charge in [-0.1, -0.05) is 27.7 Å². The molecule has 4 saturated carbocycles. The topological polar surface area (TPSA) is 20.2 Å². The Morgan fingerprint density at radius 3 is 2.44 bits per heavy atom. The van der Waals surface area contributed by atoms with Gasteiger partial charge in [-0.05, 0) is 60.7 Å². The van der Waals surface area contributed by atoms with Crippen LogP contribution in [0, 0.1) is 28.6 Å². The lowest BCUT2D eigenvalue weighted by Crippen LogP contribution is -2.71. The van der Waals surface area contributed by atoms with Crippen molar-refractivity contribution < 1.29 is 5.11 Å². The van der Waals surface area contributed by atoms with Gasteiger partial charge in [0.25, 0.3) is 0 Å². The van der Waals surface area contributed by atoms with Gasteiger partial charge in [0.05, 0.1) is 5.60 Å². The van der Waals surface area contributed by atoms with E-state index in [0.717, 1.165) is 24.2 Å². The van der Waals surface area contributed by atoms with Crippen LogP contribution in [0.25, 0.3) is 0 Å². The van der Waals surface area contributed by atoms with Crippen LogP contribution >= 0.6 is 0 Å². The second kappa shape index (κ2) is 2.85. The Bertz CT molecular complexity index is 321. The van der Waals surface area contributed by atoms with Crippen molar-refractivity contribution in [2.24, 2.45) is 28.6 Å². The summed E-state index contributed by atoms with van der Waals surface area (Å²) in [6.07, 6.45) is 6.23. The smallest absolute Gasteiger partial charge is 0.0757 e. The Labute approximate surface area is 99.6 Å². The van der Waals surface area contributed by atoms with Crippen molar-refractivity contribution in [2.75, 3.05) is 0 Å². The van der Waals surface area contributed by atoms with E-state index in [1.807, 2.05) is 0 Å². The number of aliphatic hydroxyl groups is 1. The highest BCUT2D eigenvalue weighted by molar-refractivity contribution is 5.19. The summed E-state index contributed by atoms with van der Waals surface area (Å²) < 4.78 is 0. The van der Waals surface area contributed by atoms with Crippen LogP contribution in [0.1, 0.15) is 59.8 Å². The monoisotopic (exact) mass is 222 g/mol. The van der Waals surface area contributed by atoms with Gasteiger partial charge >= 0.3 is 0 Å². The highest BCUT2D eigenvalue weighted by Crippen LogP contribution is 2.71.